The van der Waals surface area contributed by atoms with Crippen LogP contribution in [0.4, 0.5) is 11.5 Å². The van der Waals surface area contributed by atoms with E-state index >= 15 is 0 Å². The third-order valence-corrected chi connectivity index (χ3v) is 5.91. The smallest absolute Gasteiger partial charge is 0.225 e. The van der Waals surface area contributed by atoms with Gasteiger partial charge in [-0.2, -0.15) is 0 Å². The highest BCUT2D eigenvalue weighted by Crippen LogP contribution is 2.29. The van der Waals surface area contributed by atoms with Crippen LogP contribution in [-0.2, 0) is 9.53 Å². The molecule has 2 aliphatic rings. The Morgan fingerprint density at radius 3 is 2.83 bits per heavy atom. The minimum Gasteiger partial charge on any atom is -0.368 e. The molecule has 1 amide bonds. The van der Waals surface area contributed by atoms with Gasteiger partial charge < -0.3 is 15.0 Å². The lowest BCUT2D eigenvalue weighted by molar-refractivity contribution is -0.144. The monoisotopic (exact) mass is 394 g/mol. The molecule has 6 heteroatoms. The van der Waals surface area contributed by atoms with E-state index in [1.54, 1.807) is 6.20 Å². The van der Waals surface area contributed by atoms with Gasteiger partial charge in [-0.1, -0.05) is 25.3 Å². The van der Waals surface area contributed by atoms with Gasteiger partial charge in [-0.25, -0.2) is 4.98 Å². The van der Waals surface area contributed by atoms with Gasteiger partial charge in [0.15, 0.2) is 0 Å². The number of aryl methyl sites for hydroxylation is 2. The van der Waals surface area contributed by atoms with Gasteiger partial charge >= 0.3 is 0 Å². The summed E-state index contributed by atoms with van der Waals surface area (Å²) in [7, 11) is 0. The zero-order valence-electron chi connectivity index (χ0n) is 17.4. The van der Waals surface area contributed by atoms with Crippen molar-refractivity contribution in [3.8, 4) is 0 Å². The van der Waals surface area contributed by atoms with Crippen molar-refractivity contribution in [2.24, 2.45) is 5.92 Å². The Bertz CT molecular complexity index is 864. The van der Waals surface area contributed by atoms with Gasteiger partial charge in [-0.3, -0.25) is 9.78 Å². The van der Waals surface area contributed by atoms with Crippen molar-refractivity contribution in [3.05, 3.63) is 47.4 Å². The molecule has 1 saturated heterocycles. The number of nitrogens with zero attached hydrogens (tertiary/aromatic N) is 3. The van der Waals surface area contributed by atoms with E-state index < -0.39 is 0 Å². The van der Waals surface area contributed by atoms with Crippen LogP contribution in [-0.4, -0.2) is 40.5 Å². The molecule has 1 aliphatic carbocycles. The molecule has 0 aromatic carbocycles. The van der Waals surface area contributed by atoms with Crippen molar-refractivity contribution in [2.75, 3.05) is 25.0 Å². The molecule has 0 radical (unpaired) electrons. The van der Waals surface area contributed by atoms with E-state index in [1.807, 2.05) is 43.0 Å². The molecule has 0 bridgehead atoms. The van der Waals surface area contributed by atoms with Gasteiger partial charge in [0, 0.05) is 30.0 Å². The Morgan fingerprint density at radius 1 is 1.21 bits per heavy atom. The molecule has 154 valence electrons. The van der Waals surface area contributed by atoms with E-state index in [9.17, 15) is 4.79 Å². The highest BCUT2D eigenvalue weighted by atomic mass is 16.5. The number of rotatable bonds is 4. The van der Waals surface area contributed by atoms with Crippen LogP contribution in [0.25, 0.3) is 0 Å². The third-order valence-electron chi connectivity index (χ3n) is 5.91. The minimum atomic E-state index is -0.193. The van der Waals surface area contributed by atoms with Gasteiger partial charge in [0.25, 0.3) is 0 Å². The van der Waals surface area contributed by atoms with E-state index in [0.29, 0.717) is 25.6 Å². The predicted octanol–water partition coefficient (Wildman–Crippen LogP) is 4.32. The van der Waals surface area contributed by atoms with Crippen molar-refractivity contribution >= 4 is 17.4 Å². The molecule has 1 atom stereocenters. The Hall–Kier alpha value is -2.47. The highest BCUT2D eigenvalue weighted by Gasteiger charge is 2.31. The number of amides is 1. The van der Waals surface area contributed by atoms with Crippen LogP contribution in [0.15, 0.2) is 30.5 Å². The topological polar surface area (TPSA) is 67.4 Å². The summed E-state index contributed by atoms with van der Waals surface area (Å²) in [5.41, 5.74) is 3.80. The van der Waals surface area contributed by atoms with Gasteiger partial charge in [-0.15, -0.1) is 0 Å². The minimum absolute atomic E-state index is 0.192. The number of hydrogen-bond acceptors (Lipinski definition) is 5. The number of nitrogens with one attached hydrogen (secondary N) is 1. The van der Waals surface area contributed by atoms with Crippen LogP contribution in [0.3, 0.4) is 0 Å². The van der Waals surface area contributed by atoms with E-state index in [0.717, 1.165) is 41.3 Å². The first-order valence-electron chi connectivity index (χ1n) is 10.7. The number of hydrogen-bond donors (Lipinski definition) is 1. The summed E-state index contributed by atoms with van der Waals surface area (Å²) in [4.78, 5) is 24.1. The standard InChI is InChI=1S/C23H30N4O2/c1-16-7-6-10-24-22(16)26-19-13-17(2)25-20(14-19)21-15-27(11-12-29-21)23(28)18-8-4-3-5-9-18/h6-7,10,13-14,18,21H,3-5,8-9,11-12,15H2,1-2H3,(H,24,25,26)/t21-/m0/s1. The van der Waals surface area contributed by atoms with Crippen molar-refractivity contribution < 1.29 is 9.53 Å². The van der Waals surface area contributed by atoms with Crippen LogP contribution < -0.4 is 5.32 Å². The molecule has 0 spiro atoms. The fraction of sp³-hybridized carbons (Fsp3) is 0.522. The molecule has 2 fully saturated rings. The number of anilines is 2. The Labute approximate surface area is 172 Å². The average Bonchev–Trinajstić information content (AvgIpc) is 2.75. The maximum atomic E-state index is 13.0. The van der Waals surface area contributed by atoms with Crippen molar-refractivity contribution in [3.63, 3.8) is 0 Å². The Morgan fingerprint density at radius 2 is 2.03 bits per heavy atom. The maximum absolute atomic E-state index is 13.0. The second kappa shape index (κ2) is 8.91. The lowest BCUT2D eigenvalue weighted by atomic mass is 9.88. The second-order valence-electron chi connectivity index (χ2n) is 8.19. The van der Waals surface area contributed by atoms with E-state index in [1.165, 1.54) is 19.3 Å². The summed E-state index contributed by atoms with van der Waals surface area (Å²) in [6.07, 6.45) is 7.25. The largest absolute Gasteiger partial charge is 0.368 e. The van der Waals surface area contributed by atoms with E-state index in [-0.39, 0.29) is 12.0 Å². The van der Waals surface area contributed by atoms with Crippen LogP contribution >= 0.6 is 0 Å². The number of carbonyl (C=O) groups is 1. The molecular weight excluding hydrogens is 364 g/mol. The zero-order chi connectivity index (χ0) is 20.2. The summed E-state index contributed by atoms with van der Waals surface area (Å²) < 4.78 is 6.02. The molecule has 3 heterocycles. The Balaban J connectivity index is 1.49. The first-order chi connectivity index (χ1) is 14.1. The number of pyridine rings is 2. The van der Waals surface area contributed by atoms with Crippen LogP contribution in [0.5, 0.6) is 0 Å². The first kappa shape index (κ1) is 19.8. The SMILES string of the molecule is Cc1cc(Nc2ncccc2C)cc([C@@H]2CN(C(=O)C3CCCCC3)CCO2)n1. The number of aromatic nitrogens is 2. The van der Waals surface area contributed by atoms with E-state index in [4.69, 9.17) is 9.72 Å². The predicted molar refractivity (Wildman–Crippen MR) is 113 cm³/mol. The molecule has 6 nitrogen and oxygen atoms in total. The summed E-state index contributed by atoms with van der Waals surface area (Å²) >= 11 is 0. The van der Waals surface area contributed by atoms with Crippen LogP contribution in [0, 0.1) is 19.8 Å². The molecule has 2 aromatic rings. The molecule has 1 N–H and O–H groups in total. The van der Waals surface area contributed by atoms with Gasteiger partial charge in [0.05, 0.1) is 18.8 Å². The van der Waals surface area contributed by atoms with Gasteiger partial charge in [-0.05, 0) is 50.5 Å². The van der Waals surface area contributed by atoms with Gasteiger partial charge in [0.2, 0.25) is 5.91 Å². The number of morpholine rings is 1. The molecule has 1 aliphatic heterocycles. The number of ether oxygens (including phenoxy) is 1. The highest BCUT2D eigenvalue weighted by molar-refractivity contribution is 5.79. The first-order valence-corrected chi connectivity index (χ1v) is 10.7. The fourth-order valence-electron chi connectivity index (χ4n) is 4.32. The van der Waals surface area contributed by atoms with Crippen molar-refractivity contribution in [2.45, 2.75) is 52.1 Å². The summed E-state index contributed by atoms with van der Waals surface area (Å²) in [5.74, 6) is 1.33. The lowest BCUT2D eigenvalue weighted by Gasteiger charge is -2.36. The summed E-state index contributed by atoms with van der Waals surface area (Å²) in [6, 6.07) is 7.98. The van der Waals surface area contributed by atoms with Crippen LogP contribution in [0.2, 0.25) is 0 Å². The van der Waals surface area contributed by atoms with Gasteiger partial charge in [0.1, 0.15) is 11.9 Å². The summed E-state index contributed by atoms with van der Waals surface area (Å²) in [6.45, 7) is 5.82. The molecule has 4 rings (SSSR count). The van der Waals surface area contributed by atoms with Crippen LogP contribution in [0.1, 0.15) is 55.2 Å². The average molecular weight is 395 g/mol. The molecule has 29 heavy (non-hydrogen) atoms. The molecular formula is C23H30N4O2. The van der Waals surface area contributed by atoms with E-state index in [2.05, 4.69) is 10.3 Å². The zero-order valence-corrected chi connectivity index (χ0v) is 17.4. The summed E-state index contributed by atoms with van der Waals surface area (Å²) in [5, 5.41) is 3.39. The molecule has 2 aromatic heterocycles. The number of carbonyl (C=O) groups excluding carboxylic acids is 1. The molecule has 1 saturated carbocycles. The fourth-order valence-corrected chi connectivity index (χ4v) is 4.32. The Kier molecular flexibility index (Phi) is 6.09. The maximum Gasteiger partial charge on any atom is 0.225 e. The second-order valence-corrected chi connectivity index (χ2v) is 8.19. The third kappa shape index (κ3) is 4.75. The normalized spacial score (nSPS) is 20.5. The van der Waals surface area contributed by atoms with Crippen molar-refractivity contribution in [1.82, 2.24) is 14.9 Å². The quantitative estimate of drug-likeness (QED) is 0.837. The van der Waals surface area contributed by atoms with Crippen molar-refractivity contribution in [1.29, 1.82) is 0 Å². The molecule has 0 unspecified atom stereocenters. The lowest BCUT2D eigenvalue weighted by Crippen LogP contribution is -2.45.